The Morgan fingerprint density at radius 3 is 1.81 bits per heavy atom. The highest BCUT2D eigenvalue weighted by Crippen LogP contribution is 2.48. The van der Waals surface area contributed by atoms with Gasteiger partial charge in [0.1, 0.15) is 22.8 Å². The van der Waals surface area contributed by atoms with Gasteiger partial charge in [0.05, 0.1) is 21.7 Å². The van der Waals surface area contributed by atoms with Crippen LogP contribution in [0.15, 0.2) is 0 Å². The van der Waals surface area contributed by atoms with Crippen LogP contribution in [0.25, 0.3) is 0 Å². The lowest BCUT2D eigenvalue weighted by Gasteiger charge is -2.12. The molecule has 2 rings (SSSR count). The first-order valence-electron chi connectivity index (χ1n) is 4.28. The molecule has 0 radical (unpaired) electrons. The molecule has 7 heteroatoms. The average molecular weight is 322 g/mol. The van der Waals surface area contributed by atoms with Crippen molar-refractivity contribution in [3.8, 4) is 5.75 Å². The van der Waals surface area contributed by atoms with Crippen LogP contribution in [-0.4, -0.2) is 19.3 Å². The molecule has 0 bridgehead atoms. The first-order chi connectivity index (χ1) is 7.52. The lowest BCUT2D eigenvalue weighted by Crippen LogP contribution is -2.05. The highest BCUT2D eigenvalue weighted by molar-refractivity contribution is 6.55. The molecule has 0 spiro atoms. The van der Waals surface area contributed by atoms with E-state index in [-0.39, 0.29) is 37.0 Å². The number of benzene rings is 1. The Balaban J connectivity index is 2.34. The highest BCUT2D eigenvalue weighted by Gasteiger charge is 2.26. The molecule has 1 fully saturated rings. The quantitative estimate of drug-likeness (QED) is 0.456. The van der Waals surface area contributed by atoms with Gasteiger partial charge in [-0.05, 0) is 0 Å². The van der Waals surface area contributed by atoms with E-state index in [0.29, 0.717) is 13.2 Å². The molecule has 0 aromatic heterocycles. The zero-order chi connectivity index (χ0) is 11.9. The fourth-order valence-corrected chi connectivity index (χ4v) is 2.28. The Morgan fingerprint density at radius 1 is 0.938 bits per heavy atom. The van der Waals surface area contributed by atoms with Crippen molar-refractivity contribution in [1.82, 2.24) is 0 Å². The van der Waals surface area contributed by atoms with Crippen molar-refractivity contribution < 1.29 is 9.47 Å². The van der Waals surface area contributed by atoms with Crippen LogP contribution < -0.4 is 4.74 Å². The summed E-state index contributed by atoms with van der Waals surface area (Å²) in [5, 5.41) is 0.686. The van der Waals surface area contributed by atoms with Crippen molar-refractivity contribution in [2.45, 2.75) is 6.10 Å². The summed E-state index contributed by atoms with van der Waals surface area (Å²) in [7, 11) is 0. The summed E-state index contributed by atoms with van der Waals surface area (Å²) in [5.74, 6) is 0.234. The third kappa shape index (κ3) is 2.47. The van der Waals surface area contributed by atoms with Gasteiger partial charge in [0.2, 0.25) is 0 Å². The molecule has 1 aromatic carbocycles. The van der Waals surface area contributed by atoms with Crippen molar-refractivity contribution in [3.05, 3.63) is 25.1 Å². The molecule has 88 valence electrons. The van der Waals surface area contributed by atoms with Gasteiger partial charge in [-0.15, -0.1) is 0 Å². The summed E-state index contributed by atoms with van der Waals surface area (Å²) in [6.45, 7) is 1.03. The number of hydrogen-bond acceptors (Lipinski definition) is 2. The Hall–Kier alpha value is 0.430. The predicted molar refractivity (Wildman–Crippen MR) is 66.7 cm³/mol. The van der Waals surface area contributed by atoms with E-state index >= 15 is 0 Å². The number of hydrogen-bond donors (Lipinski definition) is 0. The van der Waals surface area contributed by atoms with Crippen molar-refractivity contribution in [2.24, 2.45) is 0 Å². The maximum absolute atomic E-state index is 5.95. The largest absolute Gasteiger partial charge is 0.488 e. The van der Waals surface area contributed by atoms with Crippen LogP contribution >= 0.6 is 58.0 Å². The zero-order valence-electron chi connectivity index (χ0n) is 7.70. The summed E-state index contributed by atoms with van der Waals surface area (Å²) >= 11 is 29.5. The van der Waals surface area contributed by atoms with Gasteiger partial charge in [0.15, 0.2) is 5.75 Å². The van der Waals surface area contributed by atoms with Crippen LogP contribution in [-0.2, 0) is 4.74 Å². The zero-order valence-corrected chi connectivity index (χ0v) is 11.5. The highest BCUT2D eigenvalue weighted by atomic mass is 35.5. The van der Waals surface area contributed by atoms with E-state index in [1.807, 2.05) is 0 Å². The Kier molecular flexibility index (Phi) is 4.00. The van der Waals surface area contributed by atoms with Crippen LogP contribution in [0.2, 0.25) is 25.1 Å². The molecule has 0 amide bonds. The molecule has 1 aliphatic rings. The molecule has 1 saturated heterocycles. The molecule has 1 aliphatic heterocycles. The van der Waals surface area contributed by atoms with Crippen molar-refractivity contribution in [3.63, 3.8) is 0 Å². The SMILES string of the molecule is Clc1c(Cl)c(Cl)c(OCC2CO2)c(Cl)c1Cl. The molecule has 0 saturated carbocycles. The van der Waals surface area contributed by atoms with Gasteiger partial charge < -0.3 is 9.47 Å². The number of epoxide rings is 1. The minimum atomic E-state index is 0.0837. The third-order valence-electron chi connectivity index (χ3n) is 1.99. The first kappa shape index (κ1) is 12.9. The van der Waals surface area contributed by atoms with E-state index in [0.717, 1.165) is 0 Å². The smallest absolute Gasteiger partial charge is 0.159 e. The molecule has 2 nitrogen and oxygen atoms in total. The fraction of sp³-hybridized carbons (Fsp3) is 0.333. The molecule has 16 heavy (non-hydrogen) atoms. The van der Waals surface area contributed by atoms with Gasteiger partial charge in [-0.3, -0.25) is 0 Å². The Morgan fingerprint density at radius 2 is 1.38 bits per heavy atom. The maximum atomic E-state index is 5.95. The average Bonchev–Trinajstić information content (AvgIpc) is 3.07. The lowest BCUT2D eigenvalue weighted by molar-refractivity contribution is 0.263. The van der Waals surface area contributed by atoms with Crippen molar-refractivity contribution in [2.75, 3.05) is 13.2 Å². The topological polar surface area (TPSA) is 21.8 Å². The van der Waals surface area contributed by atoms with Crippen LogP contribution in [0.4, 0.5) is 0 Å². The maximum Gasteiger partial charge on any atom is 0.159 e. The lowest BCUT2D eigenvalue weighted by atomic mass is 10.3. The Labute approximate surface area is 117 Å². The van der Waals surface area contributed by atoms with Gasteiger partial charge >= 0.3 is 0 Å². The molecule has 1 aromatic rings. The van der Waals surface area contributed by atoms with Gasteiger partial charge in [0, 0.05) is 0 Å². The molecule has 1 unspecified atom stereocenters. The predicted octanol–water partition coefficient (Wildman–Crippen LogP) is 4.73. The van der Waals surface area contributed by atoms with Gasteiger partial charge in [0.25, 0.3) is 0 Å². The van der Waals surface area contributed by atoms with Gasteiger partial charge in [-0.25, -0.2) is 0 Å². The molecule has 1 heterocycles. The number of rotatable bonds is 3. The summed E-state index contributed by atoms with van der Waals surface area (Å²) < 4.78 is 10.4. The molecule has 0 N–H and O–H groups in total. The van der Waals surface area contributed by atoms with E-state index in [4.69, 9.17) is 67.5 Å². The summed E-state index contributed by atoms with van der Waals surface area (Å²) in [6.07, 6.45) is 0.0837. The molecular formula is C9H5Cl5O2. The van der Waals surface area contributed by atoms with E-state index in [1.54, 1.807) is 0 Å². The van der Waals surface area contributed by atoms with Crippen LogP contribution in [0.3, 0.4) is 0 Å². The molecular weight excluding hydrogens is 317 g/mol. The van der Waals surface area contributed by atoms with Gasteiger partial charge in [-0.2, -0.15) is 0 Å². The van der Waals surface area contributed by atoms with E-state index in [1.165, 1.54) is 0 Å². The first-order valence-corrected chi connectivity index (χ1v) is 6.17. The molecule has 0 aliphatic carbocycles. The van der Waals surface area contributed by atoms with E-state index in [2.05, 4.69) is 0 Å². The fourth-order valence-electron chi connectivity index (χ4n) is 1.05. The summed E-state index contributed by atoms with van der Waals surface area (Å²) in [5.41, 5.74) is 0. The van der Waals surface area contributed by atoms with Crippen molar-refractivity contribution >= 4 is 58.0 Å². The number of ether oxygens (including phenoxy) is 2. The Bertz CT molecular complexity index is 401. The normalized spacial score (nSPS) is 18.7. The minimum absolute atomic E-state index is 0.0837. The summed E-state index contributed by atoms with van der Waals surface area (Å²) in [6, 6.07) is 0. The van der Waals surface area contributed by atoms with Crippen LogP contribution in [0.5, 0.6) is 5.75 Å². The van der Waals surface area contributed by atoms with Crippen LogP contribution in [0, 0.1) is 0 Å². The molecule has 1 atom stereocenters. The minimum Gasteiger partial charge on any atom is -0.488 e. The summed E-state index contributed by atoms with van der Waals surface area (Å²) in [4.78, 5) is 0. The van der Waals surface area contributed by atoms with E-state index < -0.39 is 0 Å². The second-order valence-corrected chi connectivity index (χ2v) is 5.06. The third-order valence-corrected chi connectivity index (χ3v) is 4.23. The standard InChI is InChI=1S/C9H5Cl5O2/c10-4-5(11)7(13)9(8(14)6(4)12)16-2-3-1-15-3/h3H,1-2H2. The van der Waals surface area contributed by atoms with E-state index in [9.17, 15) is 0 Å². The monoisotopic (exact) mass is 320 g/mol. The van der Waals surface area contributed by atoms with Gasteiger partial charge in [-0.1, -0.05) is 58.0 Å². The second-order valence-electron chi connectivity index (χ2n) is 3.17. The number of halogens is 5. The van der Waals surface area contributed by atoms with Crippen LogP contribution in [0.1, 0.15) is 0 Å². The second kappa shape index (κ2) is 4.97. The van der Waals surface area contributed by atoms with Crippen molar-refractivity contribution in [1.29, 1.82) is 0 Å².